The third-order valence-electron chi connectivity index (χ3n) is 2.56. The van der Waals surface area contributed by atoms with Crippen molar-refractivity contribution >= 4 is 17.5 Å². The van der Waals surface area contributed by atoms with Crippen molar-refractivity contribution in [2.45, 2.75) is 25.8 Å². The van der Waals surface area contributed by atoms with Gasteiger partial charge in [-0.3, -0.25) is 9.69 Å². The summed E-state index contributed by atoms with van der Waals surface area (Å²) in [6.07, 6.45) is 4.88. The van der Waals surface area contributed by atoms with Crippen molar-refractivity contribution in [2.24, 2.45) is 5.73 Å². The van der Waals surface area contributed by atoms with Gasteiger partial charge in [0.1, 0.15) is 0 Å². The number of carbonyl (C=O) groups excluding carboxylic acids is 1. The van der Waals surface area contributed by atoms with Gasteiger partial charge in [-0.1, -0.05) is 26.7 Å². The summed E-state index contributed by atoms with van der Waals surface area (Å²) in [6.45, 7) is 16.3. The molecule has 130 valence electrons. The number of primary amides is 1. The van der Waals surface area contributed by atoms with Gasteiger partial charge in [0.05, 0.1) is 32.7 Å². The van der Waals surface area contributed by atoms with Crippen LogP contribution in [0.2, 0.25) is 0 Å². The number of amides is 1. The smallest absolute Gasteiger partial charge is 0.243 e. The molecule has 0 radical (unpaired) electrons. The minimum atomic E-state index is -0.435. The molecule has 0 saturated heterocycles. The lowest BCUT2D eigenvalue weighted by molar-refractivity contribution is -0.878. The molecular formula is C17H35ClN3O+. The van der Waals surface area contributed by atoms with E-state index in [1.807, 2.05) is 31.1 Å². The maximum Gasteiger partial charge on any atom is 0.243 e. The molecule has 0 aromatic carbocycles. The summed E-state index contributed by atoms with van der Waals surface area (Å²) in [4.78, 5) is 11.8. The maximum absolute atomic E-state index is 9.82. The minimum Gasteiger partial charge on any atom is -0.366 e. The predicted octanol–water partition coefficient (Wildman–Crippen LogP) is 3.01. The van der Waals surface area contributed by atoms with E-state index in [-0.39, 0.29) is 5.50 Å². The zero-order valence-electron chi connectivity index (χ0n) is 15.2. The lowest BCUT2D eigenvalue weighted by Gasteiger charge is -2.26. The van der Waals surface area contributed by atoms with Gasteiger partial charge in [0.15, 0.2) is 0 Å². The average molecular weight is 333 g/mol. The number of nitrogens with two attached hydrogens (primary N) is 1. The topological polar surface area (TPSA) is 46.3 Å². The molecule has 0 bridgehead atoms. The van der Waals surface area contributed by atoms with Gasteiger partial charge in [0, 0.05) is 5.57 Å². The standard InChI is InChI=1S/C8H16N.C5H12ClN.C4H7NO/c1-5-7-9(3,4)8-6-2;1-4-5(6)7(2)3;1-3(2)4(5)6/h5-6H,1-2,7-8H2,3-4H3;5H,4H2,1-3H3;1H2,2H3,(H2,5,6)/q+1;;. The molecule has 0 aromatic rings. The first-order valence-corrected chi connectivity index (χ1v) is 7.68. The molecule has 5 heteroatoms. The van der Waals surface area contributed by atoms with Gasteiger partial charge in [-0.25, -0.2) is 0 Å². The number of quaternary nitrogens is 1. The van der Waals surface area contributed by atoms with E-state index in [0.717, 1.165) is 24.0 Å². The highest BCUT2D eigenvalue weighted by Gasteiger charge is 2.07. The summed E-state index contributed by atoms with van der Waals surface area (Å²) in [5.41, 5.74) is 5.30. The van der Waals surface area contributed by atoms with Crippen molar-refractivity contribution in [3.8, 4) is 0 Å². The fourth-order valence-corrected chi connectivity index (χ4v) is 1.14. The lowest BCUT2D eigenvalue weighted by Crippen LogP contribution is -2.39. The fraction of sp³-hybridized carbons (Fsp3) is 0.588. The van der Waals surface area contributed by atoms with Crippen LogP contribution in [-0.4, -0.2) is 62.1 Å². The number of carbonyl (C=O) groups is 1. The van der Waals surface area contributed by atoms with E-state index in [0.29, 0.717) is 5.57 Å². The Morgan fingerprint density at radius 1 is 1.27 bits per heavy atom. The van der Waals surface area contributed by atoms with Crippen molar-refractivity contribution in [1.29, 1.82) is 0 Å². The molecule has 0 spiro atoms. The highest BCUT2D eigenvalue weighted by atomic mass is 35.5. The average Bonchev–Trinajstić information content (AvgIpc) is 2.38. The molecule has 1 unspecified atom stereocenters. The van der Waals surface area contributed by atoms with Gasteiger partial charge < -0.3 is 10.2 Å². The highest BCUT2D eigenvalue weighted by molar-refractivity contribution is 6.20. The zero-order chi connectivity index (χ0) is 18.3. The lowest BCUT2D eigenvalue weighted by atomic mass is 10.3. The molecule has 0 fully saturated rings. The molecular weight excluding hydrogens is 298 g/mol. The molecule has 0 aromatic heterocycles. The number of alkyl halides is 1. The molecule has 22 heavy (non-hydrogen) atoms. The Bertz CT molecular complexity index is 315. The quantitative estimate of drug-likeness (QED) is 0.256. The van der Waals surface area contributed by atoms with Gasteiger partial charge in [-0.15, -0.1) is 11.6 Å². The molecule has 1 atom stereocenters. The van der Waals surface area contributed by atoms with Crippen molar-refractivity contribution in [3.05, 3.63) is 37.5 Å². The first kappa shape index (κ1) is 25.8. The van der Waals surface area contributed by atoms with E-state index < -0.39 is 5.91 Å². The largest absolute Gasteiger partial charge is 0.366 e. The van der Waals surface area contributed by atoms with Crippen molar-refractivity contribution in [3.63, 3.8) is 0 Å². The van der Waals surface area contributed by atoms with E-state index in [9.17, 15) is 4.79 Å². The molecule has 0 rings (SSSR count). The van der Waals surface area contributed by atoms with Crippen LogP contribution in [0.15, 0.2) is 37.5 Å². The Kier molecular flexibility index (Phi) is 17.4. The van der Waals surface area contributed by atoms with E-state index in [4.69, 9.17) is 17.3 Å². The van der Waals surface area contributed by atoms with Crippen LogP contribution < -0.4 is 5.73 Å². The molecule has 0 saturated carbocycles. The zero-order valence-corrected chi connectivity index (χ0v) is 16.0. The predicted molar refractivity (Wildman–Crippen MR) is 99.9 cm³/mol. The Morgan fingerprint density at radius 3 is 1.68 bits per heavy atom. The third kappa shape index (κ3) is 21.2. The van der Waals surface area contributed by atoms with Crippen LogP contribution in [-0.2, 0) is 4.79 Å². The fourth-order valence-electron chi connectivity index (χ4n) is 1.14. The van der Waals surface area contributed by atoms with Crippen LogP contribution in [0.4, 0.5) is 0 Å². The second-order valence-corrected chi connectivity index (χ2v) is 6.33. The van der Waals surface area contributed by atoms with Gasteiger partial charge in [0.25, 0.3) is 0 Å². The first-order chi connectivity index (χ1) is 9.94. The molecule has 1 amide bonds. The van der Waals surface area contributed by atoms with Crippen LogP contribution in [0.5, 0.6) is 0 Å². The summed E-state index contributed by atoms with van der Waals surface area (Å²) >= 11 is 5.73. The number of hydrogen-bond acceptors (Lipinski definition) is 2. The molecule has 2 N–H and O–H groups in total. The van der Waals surface area contributed by atoms with Crippen LogP contribution in [0, 0.1) is 0 Å². The number of nitrogens with zero attached hydrogens (tertiary/aromatic N) is 2. The van der Waals surface area contributed by atoms with E-state index in [1.165, 1.54) is 0 Å². The normalized spacial score (nSPS) is 11.3. The Morgan fingerprint density at radius 2 is 1.59 bits per heavy atom. The SMILES string of the molecule is C=C(C)C(N)=O.C=CC[N+](C)(C)CC=C.CCC(Cl)N(C)C. The van der Waals surface area contributed by atoms with Gasteiger partial charge >= 0.3 is 0 Å². The number of rotatable bonds is 7. The van der Waals surface area contributed by atoms with Crippen LogP contribution >= 0.6 is 11.6 Å². The summed E-state index contributed by atoms with van der Waals surface area (Å²) in [7, 11) is 8.26. The van der Waals surface area contributed by atoms with E-state index in [1.54, 1.807) is 6.92 Å². The molecule has 0 heterocycles. The minimum absolute atomic E-state index is 0.208. The molecule has 0 aliphatic heterocycles. The summed E-state index contributed by atoms with van der Waals surface area (Å²) in [5, 5.41) is 0. The molecule has 4 nitrogen and oxygen atoms in total. The summed E-state index contributed by atoms with van der Waals surface area (Å²) in [5.74, 6) is -0.435. The summed E-state index contributed by atoms with van der Waals surface area (Å²) in [6, 6.07) is 0. The van der Waals surface area contributed by atoms with E-state index >= 15 is 0 Å². The van der Waals surface area contributed by atoms with Gasteiger partial charge in [-0.2, -0.15) is 0 Å². The molecule has 0 aliphatic rings. The second-order valence-electron chi connectivity index (χ2n) is 5.83. The van der Waals surface area contributed by atoms with Crippen molar-refractivity contribution in [2.75, 3.05) is 41.3 Å². The van der Waals surface area contributed by atoms with Crippen LogP contribution in [0.3, 0.4) is 0 Å². The number of hydrogen-bond donors (Lipinski definition) is 1. The Hall–Kier alpha value is -1.10. The van der Waals surface area contributed by atoms with Gasteiger partial charge in [-0.05, 0) is 39.6 Å². The van der Waals surface area contributed by atoms with Crippen LogP contribution in [0.25, 0.3) is 0 Å². The van der Waals surface area contributed by atoms with Crippen LogP contribution in [0.1, 0.15) is 20.3 Å². The van der Waals surface area contributed by atoms with Gasteiger partial charge in [0.2, 0.25) is 5.91 Å². The summed E-state index contributed by atoms with van der Waals surface area (Å²) < 4.78 is 0.951. The monoisotopic (exact) mass is 332 g/mol. The number of likely N-dealkylation sites (N-methyl/N-ethyl adjacent to an activating group) is 1. The maximum atomic E-state index is 9.82. The first-order valence-electron chi connectivity index (χ1n) is 7.24. The van der Waals surface area contributed by atoms with Crippen molar-refractivity contribution < 1.29 is 9.28 Å². The second kappa shape index (κ2) is 14.8. The molecule has 0 aliphatic carbocycles. The van der Waals surface area contributed by atoms with Crippen molar-refractivity contribution in [1.82, 2.24) is 4.90 Å². The third-order valence-corrected chi connectivity index (χ3v) is 3.26. The Balaban J connectivity index is -0.000000252. The Labute approximate surface area is 142 Å². The van der Waals surface area contributed by atoms with E-state index in [2.05, 4.69) is 40.8 Å². The number of halogens is 1. The highest BCUT2D eigenvalue weighted by Crippen LogP contribution is 2.01.